The molecule has 0 unspecified atom stereocenters. The van der Waals surface area contributed by atoms with E-state index in [-0.39, 0.29) is 12.5 Å². The summed E-state index contributed by atoms with van der Waals surface area (Å²) in [6.07, 6.45) is 2.49. The van der Waals surface area contributed by atoms with Crippen LogP contribution >= 0.6 is 0 Å². The molecule has 168 valence electrons. The normalized spacial score (nSPS) is 11.3. The SMILES string of the molecule is CN=C(NCC(=O)N(C)CCc1ccccn1)NCc1ccccc1-n1nc(C)cc1C. The summed E-state index contributed by atoms with van der Waals surface area (Å²) in [5.74, 6) is 0.562. The lowest BCUT2D eigenvalue weighted by molar-refractivity contribution is -0.128. The van der Waals surface area contributed by atoms with Gasteiger partial charge in [0.1, 0.15) is 0 Å². The van der Waals surface area contributed by atoms with E-state index in [2.05, 4.69) is 37.8 Å². The molecule has 1 aromatic carbocycles. The molecule has 0 atom stereocenters. The fraction of sp³-hybridized carbons (Fsp3) is 0.333. The number of nitrogens with zero attached hydrogens (tertiary/aromatic N) is 5. The van der Waals surface area contributed by atoms with Crippen molar-refractivity contribution in [3.05, 3.63) is 77.4 Å². The summed E-state index contributed by atoms with van der Waals surface area (Å²) in [7, 11) is 3.49. The lowest BCUT2D eigenvalue weighted by atomic mass is 10.1. The molecule has 0 aliphatic heterocycles. The number of nitrogens with one attached hydrogen (secondary N) is 2. The van der Waals surface area contributed by atoms with Crippen molar-refractivity contribution in [3.63, 3.8) is 0 Å². The number of carbonyl (C=O) groups is 1. The molecule has 0 fully saturated rings. The van der Waals surface area contributed by atoms with Crippen LogP contribution in [0.1, 0.15) is 22.6 Å². The molecule has 3 aromatic rings. The van der Waals surface area contributed by atoms with Crippen molar-refractivity contribution in [2.24, 2.45) is 4.99 Å². The Hall–Kier alpha value is -3.68. The number of benzene rings is 1. The molecule has 0 saturated heterocycles. The van der Waals surface area contributed by atoms with Crippen LogP contribution in [0.5, 0.6) is 0 Å². The van der Waals surface area contributed by atoms with E-state index in [0.717, 1.165) is 34.8 Å². The summed E-state index contributed by atoms with van der Waals surface area (Å²) in [6, 6.07) is 16.0. The molecule has 8 heteroatoms. The van der Waals surface area contributed by atoms with E-state index < -0.39 is 0 Å². The second-order valence-electron chi connectivity index (χ2n) is 7.63. The molecule has 3 rings (SSSR count). The van der Waals surface area contributed by atoms with Crippen molar-refractivity contribution in [1.82, 2.24) is 30.3 Å². The number of aromatic nitrogens is 3. The Morgan fingerprint density at radius 3 is 2.59 bits per heavy atom. The quantitative estimate of drug-likeness (QED) is 0.420. The van der Waals surface area contributed by atoms with Crippen molar-refractivity contribution in [1.29, 1.82) is 0 Å². The smallest absolute Gasteiger partial charge is 0.241 e. The first kappa shape index (κ1) is 23.0. The molecule has 32 heavy (non-hydrogen) atoms. The number of para-hydroxylation sites is 1. The largest absolute Gasteiger partial charge is 0.352 e. The predicted molar refractivity (Wildman–Crippen MR) is 127 cm³/mol. The zero-order chi connectivity index (χ0) is 22.9. The summed E-state index contributed by atoms with van der Waals surface area (Å²) in [6.45, 7) is 5.36. The maximum atomic E-state index is 12.5. The van der Waals surface area contributed by atoms with Gasteiger partial charge in [-0.05, 0) is 43.7 Å². The van der Waals surface area contributed by atoms with Crippen molar-refractivity contribution in [2.45, 2.75) is 26.8 Å². The minimum atomic E-state index is -0.00748. The maximum absolute atomic E-state index is 12.5. The molecular formula is C24H31N7O. The molecular weight excluding hydrogens is 402 g/mol. The Bertz CT molecular complexity index is 1060. The number of likely N-dealkylation sites (N-methyl/N-ethyl adjacent to an activating group) is 1. The van der Waals surface area contributed by atoms with Gasteiger partial charge in [0.05, 0.1) is 17.9 Å². The number of amides is 1. The topological polar surface area (TPSA) is 87.4 Å². The summed E-state index contributed by atoms with van der Waals surface area (Å²) in [5, 5.41) is 11.0. The summed E-state index contributed by atoms with van der Waals surface area (Å²) in [5.41, 5.74) is 5.14. The number of pyridine rings is 1. The molecule has 1 amide bonds. The Morgan fingerprint density at radius 2 is 1.91 bits per heavy atom. The van der Waals surface area contributed by atoms with Gasteiger partial charge in [0, 0.05) is 51.2 Å². The van der Waals surface area contributed by atoms with Crippen LogP contribution in [0.15, 0.2) is 59.7 Å². The third-order valence-corrected chi connectivity index (χ3v) is 5.16. The van der Waals surface area contributed by atoms with Gasteiger partial charge in [-0.2, -0.15) is 5.10 Å². The van der Waals surface area contributed by atoms with E-state index in [1.54, 1.807) is 25.2 Å². The lowest BCUT2D eigenvalue weighted by Gasteiger charge is -2.19. The molecule has 2 aromatic heterocycles. The second-order valence-corrected chi connectivity index (χ2v) is 7.63. The maximum Gasteiger partial charge on any atom is 0.241 e. The Kier molecular flexibility index (Phi) is 7.96. The Morgan fingerprint density at radius 1 is 1.12 bits per heavy atom. The fourth-order valence-corrected chi connectivity index (χ4v) is 3.39. The van der Waals surface area contributed by atoms with E-state index in [9.17, 15) is 4.79 Å². The highest BCUT2D eigenvalue weighted by Gasteiger charge is 2.12. The average molecular weight is 434 g/mol. The molecule has 2 N–H and O–H groups in total. The zero-order valence-corrected chi connectivity index (χ0v) is 19.2. The first-order valence-corrected chi connectivity index (χ1v) is 10.7. The van der Waals surface area contributed by atoms with Crippen LogP contribution in [0, 0.1) is 13.8 Å². The molecule has 0 aliphatic rings. The van der Waals surface area contributed by atoms with Gasteiger partial charge in [-0.3, -0.25) is 14.8 Å². The van der Waals surface area contributed by atoms with Crippen LogP contribution in [0.3, 0.4) is 0 Å². The monoisotopic (exact) mass is 433 g/mol. The number of hydrogen-bond acceptors (Lipinski definition) is 4. The summed E-state index contributed by atoms with van der Waals surface area (Å²) < 4.78 is 1.95. The number of aliphatic imine (C=N–C) groups is 1. The number of hydrogen-bond donors (Lipinski definition) is 2. The van der Waals surface area contributed by atoms with Gasteiger partial charge in [-0.15, -0.1) is 0 Å². The van der Waals surface area contributed by atoms with E-state index in [1.165, 1.54) is 0 Å². The predicted octanol–water partition coefficient (Wildman–Crippen LogP) is 2.25. The summed E-state index contributed by atoms with van der Waals surface area (Å²) >= 11 is 0. The van der Waals surface area contributed by atoms with Crippen molar-refractivity contribution < 1.29 is 4.79 Å². The van der Waals surface area contributed by atoms with E-state index >= 15 is 0 Å². The third-order valence-electron chi connectivity index (χ3n) is 5.16. The van der Waals surface area contributed by atoms with Crippen LogP contribution in [0.25, 0.3) is 5.69 Å². The van der Waals surface area contributed by atoms with Crippen molar-refractivity contribution >= 4 is 11.9 Å². The highest BCUT2D eigenvalue weighted by molar-refractivity contribution is 5.86. The number of carbonyl (C=O) groups excluding carboxylic acids is 1. The van der Waals surface area contributed by atoms with Crippen LogP contribution in [-0.2, 0) is 17.8 Å². The van der Waals surface area contributed by atoms with Crippen molar-refractivity contribution in [2.75, 3.05) is 27.2 Å². The number of rotatable bonds is 8. The summed E-state index contributed by atoms with van der Waals surface area (Å²) in [4.78, 5) is 22.7. The van der Waals surface area contributed by atoms with Crippen LogP contribution in [0.4, 0.5) is 0 Å². The van der Waals surface area contributed by atoms with E-state index in [4.69, 9.17) is 0 Å². The molecule has 8 nitrogen and oxygen atoms in total. The van der Waals surface area contributed by atoms with Gasteiger partial charge < -0.3 is 15.5 Å². The molecule has 0 spiro atoms. The molecule has 0 radical (unpaired) electrons. The molecule has 0 bridgehead atoms. The second kappa shape index (κ2) is 11.1. The van der Waals surface area contributed by atoms with Gasteiger partial charge >= 0.3 is 0 Å². The third kappa shape index (κ3) is 6.16. The first-order chi connectivity index (χ1) is 15.5. The van der Waals surface area contributed by atoms with Crippen LogP contribution in [0.2, 0.25) is 0 Å². The Balaban J connectivity index is 1.52. The van der Waals surface area contributed by atoms with Crippen molar-refractivity contribution in [3.8, 4) is 5.69 Å². The highest BCUT2D eigenvalue weighted by Crippen LogP contribution is 2.16. The number of aryl methyl sites for hydroxylation is 2. The van der Waals surface area contributed by atoms with Crippen LogP contribution < -0.4 is 10.6 Å². The number of guanidine groups is 1. The van der Waals surface area contributed by atoms with Gasteiger partial charge in [0.15, 0.2) is 5.96 Å². The minimum absolute atomic E-state index is 0.00748. The minimum Gasteiger partial charge on any atom is -0.352 e. The van der Waals surface area contributed by atoms with Gasteiger partial charge in [-0.1, -0.05) is 24.3 Å². The highest BCUT2D eigenvalue weighted by atomic mass is 16.2. The average Bonchev–Trinajstić information content (AvgIpc) is 3.15. The lowest BCUT2D eigenvalue weighted by Crippen LogP contribution is -2.43. The van der Waals surface area contributed by atoms with E-state index in [0.29, 0.717) is 19.0 Å². The zero-order valence-electron chi connectivity index (χ0n) is 19.2. The molecule has 0 aliphatic carbocycles. The van der Waals surface area contributed by atoms with Gasteiger partial charge in [-0.25, -0.2) is 4.68 Å². The first-order valence-electron chi connectivity index (χ1n) is 10.7. The standard InChI is InChI=1S/C24H31N7O/c1-18-15-19(2)31(29-18)22-11-6-5-9-20(22)16-27-24(25-3)28-17-23(32)30(4)14-12-21-10-7-8-13-26-21/h5-11,13,15H,12,14,16-17H2,1-4H3,(H2,25,27,28). The molecule has 2 heterocycles. The van der Waals surface area contributed by atoms with Gasteiger partial charge in [0.25, 0.3) is 0 Å². The van der Waals surface area contributed by atoms with E-state index in [1.807, 2.05) is 54.9 Å². The van der Waals surface area contributed by atoms with Gasteiger partial charge in [0.2, 0.25) is 5.91 Å². The van der Waals surface area contributed by atoms with Crippen LogP contribution in [-0.4, -0.2) is 58.7 Å². The Labute approximate surface area is 189 Å². The molecule has 0 saturated carbocycles. The fourth-order valence-electron chi connectivity index (χ4n) is 3.39.